The van der Waals surface area contributed by atoms with Crippen LogP contribution in [0.15, 0.2) is 40.9 Å². The van der Waals surface area contributed by atoms with Gasteiger partial charge in [-0.25, -0.2) is 0 Å². The van der Waals surface area contributed by atoms with Crippen LogP contribution in [0.5, 0.6) is 11.5 Å². The molecule has 5 nitrogen and oxygen atoms in total. The number of halogens is 1. The summed E-state index contributed by atoms with van der Waals surface area (Å²) in [6, 6.07) is 12.3. The van der Waals surface area contributed by atoms with Crippen molar-refractivity contribution in [1.82, 2.24) is 10.1 Å². The van der Waals surface area contributed by atoms with E-state index in [2.05, 4.69) is 40.4 Å². The second-order valence-electron chi connectivity index (χ2n) is 7.58. The van der Waals surface area contributed by atoms with E-state index in [4.69, 9.17) is 14.0 Å². The van der Waals surface area contributed by atoms with Crippen LogP contribution in [0.2, 0.25) is 0 Å². The number of nitrogens with zero attached hydrogens (tertiary/aromatic N) is 2. The Morgan fingerprint density at radius 2 is 1.79 bits per heavy atom. The number of hydrogen-bond acceptors (Lipinski definition) is 5. The number of benzene rings is 2. The van der Waals surface area contributed by atoms with Gasteiger partial charge >= 0.3 is 0 Å². The molecular weight excluding hydrogens is 388 g/mol. The molecule has 5 rings (SSSR count). The van der Waals surface area contributed by atoms with E-state index in [1.165, 1.54) is 16.7 Å². The first-order valence-corrected chi connectivity index (χ1v) is 9.80. The fourth-order valence-corrected chi connectivity index (χ4v) is 4.42. The van der Waals surface area contributed by atoms with E-state index in [0.29, 0.717) is 5.92 Å². The van der Waals surface area contributed by atoms with Gasteiger partial charge in [0.05, 0.1) is 19.9 Å². The third kappa shape index (κ3) is 3.49. The van der Waals surface area contributed by atoms with Crippen molar-refractivity contribution >= 4 is 35.0 Å². The Bertz CT molecular complexity index is 1050. The van der Waals surface area contributed by atoms with Gasteiger partial charge in [-0.1, -0.05) is 17.3 Å². The highest BCUT2D eigenvalue weighted by molar-refractivity contribution is 5.97. The van der Waals surface area contributed by atoms with Crippen LogP contribution in [0.1, 0.15) is 35.6 Å². The SMILES string of the molecule is COc1cc2c(cc1OC)C(CN1CCC(c3noc4ccccc34)CC1)=C2.Cl. The third-order valence-electron chi connectivity index (χ3n) is 6.00. The standard InChI is InChI=1S/C23H24N2O3.ClH/c1-26-21-12-16-11-17(19(16)13-22(21)27-2)14-25-9-7-15(8-10-25)23-18-5-3-4-6-20(18)28-24-23;/h3-6,11-13,15H,7-10,14H2,1-2H3;1H. The van der Waals surface area contributed by atoms with Gasteiger partial charge in [0.15, 0.2) is 17.1 Å². The molecule has 1 aromatic heterocycles. The quantitative estimate of drug-likeness (QED) is 0.590. The van der Waals surface area contributed by atoms with Crippen LogP contribution in [-0.2, 0) is 0 Å². The van der Waals surface area contributed by atoms with Gasteiger partial charge < -0.3 is 14.0 Å². The van der Waals surface area contributed by atoms with E-state index in [9.17, 15) is 0 Å². The molecule has 0 saturated carbocycles. The molecule has 6 heteroatoms. The van der Waals surface area contributed by atoms with Crippen molar-refractivity contribution in [2.75, 3.05) is 33.9 Å². The maximum atomic E-state index is 5.51. The van der Waals surface area contributed by atoms with Crippen LogP contribution < -0.4 is 9.47 Å². The predicted molar refractivity (Wildman–Crippen MR) is 117 cm³/mol. The normalized spacial score (nSPS) is 16.6. The highest BCUT2D eigenvalue weighted by Gasteiger charge is 2.27. The molecule has 0 N–H and O–H groups in total. The smallest absolute Gasteiger partial charge is 0.167 e. The molecule has 0 atom stereocenters. The molecule has 2 aliphatic rings. The molecule has 0 spiro atoms. The monoisotopic (exact) mass is 412 g/mol. The maximum Gasteiger partial charge on any atom is 0.167 e. The van der Waals surface area contributed by atoms with Gasteiger partial charge in [0.1, 0.15) is 0 Å². The van der Waals surface area contributed by atoms with Crippen molar-refractivity contribution in [1.29, 1.82) is 0 Å². The number of hydrogen-bond donors (Lipinski definition) is 0. The lowest BCUT2D eigenvalue weighted by molar-refractivity contribution is 0.231. The van der Waals surface area contributed by atoms with Crippen molar-refractivity contribution in [3.8, 4) is 11.5 Å². The van der Waals surface area contributed by atoms with Crippen LogP contribution in [0.3, 0.4) is 0 Å². The number of para-hydroxylation sites is 1. The van der Waals surface area contributed by atoms with Gasteiger partial charge in [0, 0.05) is 17.8 Å². The van der Waals surface area contributed by atoms with Crippen LogP contribution in [0, 0.1) is 0 Å². The molecule has 1 fully saturated rings. The van der Waals surface area contributed by atoms with Gasteiger partial charge in [-0.15, -0.1) is 12.4 Å². The van der Waals surface area contributed by atoms with Crippen LogP contribution in [-0.4, -0.2) is 43.9 Å². The third-order valence-corrected chi connectivity index (χ3v) is 6.00. The number of aromatic nitrogens is 1. The Kier molecular flexibility index (Phi) is 5.52. The zero-order valence-corrected chi connectivity index (χ0v) is 17.5. The minimum atomic E-state index is 0. The zero-order chi connectivity index (χ0) is 19.1. The van der Waals surface area contributed by atoms with E-state index >= 15 is 0 Å². The molecule has 0 amide bonds. The van der Waals surface area contributed by atoms with Gasteiger partial charge in [-0.05, 0) is 73.0 Å². The molecule has 0 unspecified atom stereocenters. The summed E-state index contributed by atoms with van der Waals surface area (Å²) in [5, 5.41) is 5.53. The average Bonchev–Trinajstić information content (AvgIpc) is 3.16. The number of likely N-dealkylation sites (tertiary alicyclic amines) is 1. The molecule has 1 aliphatic carbocycles. The van der Waals surface area contributed by atoms with Crippen molar-refractivity contribution < 1.29 is 14.0 Å². The van der Waals surface area contributed by atoms with Crippen molar-refractivity contribution in [3.05, 3.63) is 53.2 Å². The molecule has 3 aromatic rings. The average molecular weight is 413 g/mol. The number of ether oxygens (including phenoxy) is 2. The minimum Gasteiger partial charge on any atom is -0.493 e. The fourth-order valence-electron chi connectivity index (χ4n) is 4.42. The lowest BCUT2D eigenvalue weighted by atomic mass is 9.86. The summed E-state index contributed by atoms with van der Waals surface area (Å²) in [7, 11) is 3.36. The maximum absolute atomic E-state index is 5.51. The van der Waals surface area contributed by atoms with E-state index in [0.717, 1.165) is 60.6 Å². The molecule has 2 heterocycles. The fraction of sp³-hybridized carbons (Fsp3) is 0.348. The highest BCUT2D eigenvalue weighted by atomic mass is 35.5. The lowest BCUT2D eigenvalue weighted by Gasteiger charge is -2.34. The van der Waals surface area contributed by atoms with Crippen LogP contribution in [0.25, 0.3) is 22.6 Å². The summed E-state index contributed by atoms with van der Waals surface area (Å²) >= 11 is 0. The molecule has 2 aromatic carbocycles. The number of methoxy groups -OCH3 is 2. The Morgan fingerprint density at radius 1 is 1.07 bits per heavy atom. The number of fused-ring (bicyclic) bond motifs is 2. The van der Waals surface area contributed by atoms with Crippen molar-refractivity contribution in [2.45, 2.75) is 18.8 Å². The van der Waals surface area contributed by atoms with E-state index in [1.54, 1.807) is 14.2 Å². The van der Waals surface area contributed by atoms with Crippen molar-refractivity contribution in [3.63, 3.8) is 0 Å². The summed E-state index contributed by atoms with van der Waals surface area (Å²) in [4.78, 5) is 2.53. The summed E-state index contributed by atoms with van der Waals surface area (Å²) < 4.78 is 16.3. The molecule has 0 radical (unpaired) electrons. The van der Waals surface area contributed by atoms with E-state index < -0.39 is 0 Å². The Balaban J connectivity index is 0.00000205. The molecule has 1 aliphatic heterocycles. The van der Waals surface area contributed by atoms with E-state index in [-0.39, 0.29) is 12.4 Å². The summed E-state index contributed by atoms with van der Waals surface area (Å²) in [6.07, 6.45) is 4.49. The molecule has 152 valence electrons. The predicted octanol–water partition coefficient (Wildman–Crippen LogP) is 5.00. The van der Waals surface area contributed by atoms with Gasteiger partial charge in [-0.2, -0.15) is 0 Å². The highest BCUT2D eigenvalue weighted by Crippen LogP contribution is 2.41. The Morgan fingerprint density at radius 3 is 2.55 bits per heavy atom. The lowest BCUT2D eigenvalue weighted by Crippen LogP contribution is -2.35. The van der Waals surface area contributed by atoms with Gasteiger partial charge in [-0.3, -0.25) is 4.90 Å². The summed E-state index contributed by atoms with van der Waals surface area (Å²) in [5.41, 5.74) is 5.90. The first-order chi connectivity index (χ1) is 13.8. The second kappa shape index (κ2) is 8.09. The topological polar surface area (TPSA) is 47.7 Å². The minimum absolute atomic E-state index is 0. The largest absolute Gasteiger partial charge is 0.493 e. The van der Waals surface area contributed by atoms with Gasteiger partial charge in [0.25, 0.3) is 0 Å². The zero-order valence-electron chi connectivity index (χ0n) is 16.7. The molecule has 1 saturated heterocycles. The first-order valence-electron chi connectivity index (χ1n) is 9.80. The Hall–Kier alpha value is -2.50. The Labute approximate surface area is 176 Å². The first kappa shape index (κ1) is 19.8. The number of rotatable bonds is 5. The number of piperidine rings is 1. The van der Waals surface area contributed by atoms with Crippen molar-refractivity contribution in [2.24, 2.45) is 0 Å². The van der Waals surface area contributed by atoms with E-state index in [1.807, 2.05) is 12.1 Å². The van der Waals surface area contributed by atoms with Gasteiger partial charge in [0.2, 0.25) is 0 Å². The summed E-state index contributed by atoms with van der Waals surface area (Å²) in [5.74, 6) is 2.06. The van der Waals surface area contributed by atoms with Crippen LogP contribution >= 0.6 is 12.4 Å². The molecular formula is C23H25ClN2O3. The van der Waals surface area contributed by atoms with Crippen LogP contribution in [0.4, 0.5) is 0 Å². The second-order valence-corrected chi connectivity index (χ2v) is 7.58. The molecule has 0 bridgehead atoms. The summed E-state index contributed by atoms with van der Waals surface area (Å²) in [6.45, 7) is 3.13. The molecule has 29 heavy (non-hydrogen) atoms.